The number of hydrogen-bond acceptors (Lipinski definition) is 4. The molecule has 2 heterocycles. The first-order valence-corrected chi connectivity index (χ1v) is 10.9. The molecule has 0 bridgehead atoms. The molecule has 2 aromatic rings. The summed E-state index contributed by atoms with van der Waals surface area (Å²) in [5, 5.41) is 0. The van der Waals surface area contributed by atoms with Gasteiger partial charge in [-0.25, -0.2) is 9.11 Å². The maximum atomic E-state index is 13.7. The first-order valence-electron chi connectivity index (χ1n) is 9.00. The molecule has 26 heavy (non-hydrogen) atoms. The van der Waals surface area contributed by atoms with Crippen LogP contribution in [0.4, 0.5) is 10.1 Å². The highest BCUT2D eigenvalue weighted by Gasteiger charge is 2.46. The third-order valence-electron chi connectivity index (χ3n) is 5.47. The number of hydrogen-bond donors (Lipinski definition) is 1. The van der Waals surface area contributed by atoms with Crippen LogP contribution in [0, 0.1) is 9.39 Å². The lowest BCUT2D eigenvalue weighted by molar-refractivity contribution is 0.106. The van der Waals surface area contributed by atoms with E-state index in [0.29, 0.717) is 6.04 Å². The molecule has 1 N–H and O–H groups in total. The van der Waals surface area contributed by atoms with E-state index >= 15 is 0 Å². The van der Waals surface area contributed by atoms with Crippen LogP contribution in [0.2, 0.25) is 0 Å². The molecule has 4 rings (SSSR count). The first kappa shape index (κ1) is 18.5. The van der Waals surface area contributed by atoms with Gasteiger partial charge in [-0.1, -0.05) is 18.2 Å². The second-order valence-corrected chi connectivity index (χ2v) is 9.40. The number of anilines is 1. The molecular formula is C20H23FIN3S. The minimum absolute atomic E-state index is 0.0550. The number of halogens is 2. The van der Waals surface area contributed by atoms with Gasteiger partial charge in [0.1, 0.15) is 5.82 Å². The van der Waals surface area contributed by atoms with Gasteiger partial charge in [0.2, 0.25) is 0 Å². The van der Waals surface area contributed by atoms with E-state index in [2.05, 4.69) is 67.7 Å². The predicted molar refractivity (Wildman–Crippen MR) is 115 cm³/mol. The highest BCUT2D eigenvalue weighted by molar-refractivity contribution is 14.1. The highest BCUT2D eigenvalue weighted by atomic mass is 127. The molecule has 2 aliphatic heterocycles. The summed E-state index contributed by atoms with van der Waals surface area (Å²) >= 11 is 3.99. The van der Waals surface area contributed by atoms with Crippen LogP contribution >= 0.6 is 34.7 Å². The van der Waals surface area contributed by atoms with Crippen LogP contribution in [0.5, 0.6) is 0 Å². The standard InChI is InChI=1S/C20H23FIN3S/c1-15-12-20(8-9-24(15)13-16-4-2-6-18(22)10-16)14-23-26-25(20)19-7-3-5-17(21)11-19/h2-7,10-11,15,23H,8-9,12-14H2,1H3/t15-,20+/m0/s1. The Hall–Kier alpha value is -0.830. The predicted octanol–water partition coefficient (Wildman–Crippen LogP) is 4.83. The molecule has 0 aromatic heterocycles. The van der Waals surface area contributed by atoms with Crippen LogP contribution in [0.25, 0.3) is 0 Å². The normalized spacial score (nSPS) is 26.6. The van der Waals surface area contributed by atoms with Crippen molar-refractivity contribution < 1.29 is 4.39 Å². The van der Waals surface area contributed by atoms with Crippen molar-refractivity contribution in [3.05, 3.63) is 63.5 Å². The SMILES string of the molecule is C[C@H]1C[C@]2(CCN1Cc1cccc(I)c1)CNSN2c1cccc(F)c1. The molecule has 138 valence electrons. The average Bonchev–Trinajstić information content (AvgIpc) is 3.01. The minimum Gasteiger partial charge on any atom is -0.296 e. The van der Waals surface area contributed by atoms with Crippen molar-refractivity contribution in [2.45, 2.75) is 37.9 Å². The lowest BCUT2D eigenvalue weighted by Gasteiger charge is -2.47. The number of benzene rings is 2. The number of nitrogens with one attached hydrogen (secondary N) is 1. The fourth-order valence-electron chi connectivity index (χ4n) is 4.13. The van der Waals surface area contributed by atoms with E-state index in [0.717, 1.165) is 38.2 Å². The van der Waals surface area contributed by atoms with Crippen LogP contribution in [0.1, 0.15) is 25.3 Å². The summed E-state index contributed by atoms with van der Waals surface area (Å²) in [7, 11) is 0. The zero-order chi connectivity index (χ0) is 18.1. The van der Waals surface area contributed by atoms with E-state index in [9.17, 15) is 4.39 Å². The van der Waals surface area contributed by atoms with Gasteiger partial charge in [0.15, 0.2) is 0 Å². The summed E-state index contributed by atoms with van der Waals surface area (Å²) < 4.78 is 20.8. The minimum atomic E-state index is -0.172. The first-order chi connectivity index (χ1) is 12.6. The van der Waals surface area contributed by atoms with Gasteiger partial charge in [-0.2, -0.15) is 0 Å². The van der Waals surface area contributed by atoms with Crippen molar-refractivity contribution >= 4 is 40.4 Å². The summed E-state index contributed by atoms with van der Waals surface area (Å²) in [6.45, 7) is 5.31. The van der Waals surface area contributed by atoms with Gasteiger partial charge in [0, 0.05) is 41.4 Å². The summed E-state index contributed by atoms with van der Waals surface area (Å²) in [6, 6.07) is 16.2. The molecule has 2 fully saturated rings. The second kappa shape index (κ2) is 7.66. The van der Waals surface area contributed by atoms with Crippen molar-refractivity contribution in [2.75, 3.05) is 17.4 Å². The van der Waals surface area contributed by atoms with E-state index in [1.54, 1.807) is 24.3 Å². The van der Waals surface area contributed by atoms with Crippen LogP contribution in [0.15, 0.2) is 48.5 Å². The Labute approximate surface area is 172 Å². The molecular weight excluding hydrogens is 460 g/mol. The summed E-state index contributed by atoms with van der Waals surface area (Å²) in [5.74, 6) is -0.172. The maximum Gasteiger partial charge on any atom is 0.125 e. The van der Waals surface area contributed by atoms with Gasteiger partial charge in [-0.05, 0) is 78.3 Å². The topological polar surface area (TPSA) is 18.5 Å². The van der Waals surface area contributed by atoms with Crippen molar-refractivity contribution in [1.82, 2.24) is 9.62 Å². The Kier molecular flexibility index (Phi) is 5.46. The highest BCUT2D eigenvalue weighted by Crippen LogP contribution is 2.43. The molecule has 0 unspecified atom stereocenters. The van der Waals surface area contributed by atoms with E-state index in [4.69, 9.17) is 0 Å². The number of piperidine rings is 1. The summed E-state index contributed by atoms with van der Waals surface area (Å²) in [5.41, 5.74) is 2.39. The zero-order valence-electron chi connectivity index (χ0n) is 14.8. The largest absolute Gasteiger partial charge is 0.296 e. The summed E-state index contributed by atoms with van der Waals surface area (Å²) in [4.78, 5) is 2.57. The van der Waals surface area contributed by atoms with Gasteiger partial charge < -0.3 is 0 Å². The Bertz CT molecular complexity index is 789. The monoisotopic (exact) mass is 483 g/mol. The van der Waals surface area contributed by atoms with Crippen LogP contribution in [-0.2, 0) is 6.54 Å². The second-order valence-electron chi connectivity index (χ2n) is 7.31. The zero-order valence-corrected chi connectivity index (χ0v) is 17.8. The lowest BCUT2D eigenvalue weighted by Crippen LogP contribution is -2.56. The Morgan fingerprint density at radius 2 is 2.12 bits per heavy atom. The lowest BCUT2D eigenvalue weighted by atomic mass is 9.83. The number of likely N-dealkylation sites (tertiary alicyclic amines) is 1. The van der Waals surface area contributed by atoms with Crippen LogP contribution in [0.3, 0.4) is 0 Å². The van der Waals surface area contributed by atoms with E-state index in [-0.39, 0.29) is 11.4 Å². The van der Waals surface area contributed by atoms with Crippen LogP contribution in [-0.4, -0.2) is 29.6 Å². The van der Waals surface area contributed by atoms with E-state index < -0.39 is 0 Å². The van der Waals surface area contributed by atoms with Crippen molar-refractivity contribution in [3.63, 3.8) is 0 Å². The smallest absolute Gasteiger partial charge is 0.125 e. The number of rotatable bonds is 3. The summed E-state index contributed by atoms with van der Waals surface area (Å²) in [6.07, 6.45) is 2.16. The third-order valence-corrected chi connectivity index (χ3v) is 7.19. The Morgan fingerprint density at radius 3 is 2.88 bits per heavy atom. The molecule has 0 amide bonds. The van der Waals surface area contributed by atoms with Gasteiger partial charge in [0.05, 0.1) is 11.2 Å². The molecule has 6 heteroatoms. The van der Waals surface area contributed by atoms with Crippen molar-refractivity contribution in [3.8, 4) is 0 Å². The van der Waals surface area contributed by atoms with E-state index in [1.807, 2.05) is 6.07 Å². The molecule has 0 saturated carbocycles. The molecule has 2 saturated heterocycles. The Balaban J connectivity index is 1.50. The average molecular weight is 483 g/mol. The molecule has 2 atom stereocenters. The Morgan fingerprint density at radius 1 is 1.27 bits per heavy atom. The fraction of sp³-hybridized carbons (Fsp3) is 0.400. The van der Waals surface area contributed by atoms with Gasteiger partial charge in [-0.15, -0.1) is 0 Å². The molecule has 2 aliphatic rings. The van der Waals surface area contributed by atoms with Gasteiger partial charge >= 0.3 is 0 Å². The molecule has 3 nitrogen and oxygen atoms in total. The third kappa shape index (κ3) is 3.74. The maximum absolute atomic E-state index is 13.7. The number of nitrogens with zero attached hydrogens (tertiary/aromatic N) is 2. The van der Waals surface area contributed by atoms with E-state index in [1.165, 1.54) is 15.2 Å². The fourth-order valence-corrected chi connectivity index (χ4v) is 5.84. The molecule has 2 aromatic carbocycles. The molecule has 0 radical (unpaired) electrons. The quantitative estimate of drug-likeness (QED) is 0.498. The molecule has 1 spiro atoms. The van der Waals surface area contributed by atoms with Gasteiger partial charge in [0.25, 0.3) is 0 Å². The molecule has 0 aliphatic carbocycles. The van der Waals surface area contributed by atoms with Crippen LogP contribution < -0.4 is 9.03 Å². The van der Waals surface area contributed by atoms with Crippen molar-refractivity contribution in [1.29, 1.82) is 0 Å². The van der Waals surface area contributed by atoms with Gasteiger partial charge in [-0.3, -0.25) is 9.21 Å². The van der Waals surface area contributed by atoms with Crippen molar-refractivity contribution in [2.24, 2.45) is 0 Å².